The molecule has 2 atom stereocenters. The van der Waals surface area contributed by atoms with E-state index >= 15 is 0 Å². The number of fused-ring (bicyclic) bond motifs is 1. The van der Waals surface area contributed by atoms with Crippen LogP contribution in [-0.2, 0) is 14.3 Å². The molecule has 2 aromatic carbocycles. The number of amides is 1. The largest absolute Gasteiger partial charge is 0.448 e. The molecule has 2 N–H and O–H groups in total. The molecule has 0 unspecified atom stereocenters. The monoisotopic (exact) mass is 406 g/mol. The van der Waals surface area contributed by atoms with Crippen molar-refractivity contribution in [3.63, 3.8) is 0 Å². The fourth-order valence-electron chi connectivity index (χ4n) is 3.61. The minimum absolute atomic E-state index is 0.217. The smallest absolute Gasteiger partial charge is 0.356 e. The van der Waals surface area contributed by atoms with Gasteiger partial charge in [-0.15, -0.1) is 11.8 Å². The summed E-state index contributed by atoms with van der Waals surface area (Å²) in [7, 11) is 0. The first-order valence-electron chi connectivity index (χ1n) is 9.48. The third-order valence-electron chi connectivity index (χ3n) is 5.03. The Balaban J connectivity index is 1.70. The second-order valence-corrected chi connectivity index (χ2v) is 8.02. The van der Waals surface area contributed by atoms with Crippen LogP contribution < -0.4 is 5.73 Å². The Hall–Kier alpha value is -2.83. The van der Waals surface area contributed by atoms with Crippen molar-refractivity contribution in [2.45, 2.75) is 24.4 Å². The van der Waals surface area contributed by atoms with E-state index in [2.05, 4.69) is 0 Å². The lowest BCUT2D eigenvalue weighted by Crippen LogP contribution is -2.68. The van der Waals surface area contributed by atoms with Gasteiger partial charge in [-0.3, -0.25) is 9.69 Å². The van der Waals surface area contributed by atoms with E-state index in [9.17, 15) is 9.59 Å². The van der Waals surface area contributed by atoms with Crippen LogP contribution >= 0.6 is 11.8 Å². The summed E-state index contributed by atoms with van der Waals surface area (Å²) in [6, 6.07) is 18.6. The number of benzene rings is 2. The molecule has 2 aromatic rings. The van der Waals surface area contributed by atoms with Gasteiger partial charge in [0.05, 0.1) is 0 Å². The van der Waals surface area contributed by atoms with Gasteiger partial charge in [-0.2, -0.15) is 0 Å². The van der Waals surface area contributed by atoms with Crippen molar-refractivity contribution in [2.24, 2.45) is 5.73 Å². The van der Waals surface area contributed by atoms with Gasteiger partial charge >= 0.3 is 5.97 Å². The van der Waals surface area contributed by atoms with E-state index in [4.69, 9.17) is 10.5 Å². The number of carbonyl (C=O) groups excluding carboxylic acids is 2. The Bertz CT molecular complexity index is 933. The van der Waals surface area contributed by atoms with Crippen molar-refractivity contribution in [3.05, 3.63) is 95.2 Å². The SMILES string of the molecule is C/C=C/C1=C(C(=O)OC(c2ccccc2)c2ccccc2)N2C(=O)[C@@H](N)[C@H]2SC1. The van der Waals surface area contributed by atoms with Crippen molar-refractivity contribution in [2.75, 3.05) is 5.75 Å². The van der Waals surface area contributed by atoms with Gasteiger partial charge in [0.1, 0.15) is 17.1 Å². The van der Waals surface area contributed by atoms with Crippen molar-refractivity contribution >= 4 is 23.6 Å². The molecule has 2 aliphatic heterocycles. The highest BCUT2D eigenvalue weighted by Crippen LogP contribution is 2.41. The number of nitrogens with zero attached hydrogens (tertiary/aromatic N) is 1. The first-order valence-corrected chi connectivity index (χ1v) is 10.5. The summed E-state index contributed by atoms with van der Waals surface area (Å²) in [5, 5.41) is -0.217. The molecule has 2 heterocycles. The molecule has 148 valence electrons. The summed E-state index contributed by atoms with van der Waals surface area (Å²) in [4.78, 5) is 27.2. The lowest BCUT2D eigenvalue weighted by Gasteiger charge is -2.48. The highest BCUT2D eigenvalue weighted by Gasteiger charge is 2.52. The zero-order valence-electron chi connectivity index (χ0n) is 16.0. The zero-order valence-corrected chi connectivity index (χ0v) is 16.8. The first-order chi connectivity index (χ1) is 14.1. The number of nitrogens with two attached hydrogens (primary N) is 1. The van der Waals surface area contributed by atoms with Crippen LogP contribution in [0.25, 0.3) is 0 Å². The fraction of sp³-hybridized carbons (Fsp3) is 0.217. The predicted octanol–water partition coefficient (Wildman–Crippen LogP) is 3.39. The van der Waals surface area contributed by atoms with Crippen LogP contribution in [0.1, 0.15) is 24.2 Å². The number of carbonyl (C=O) groups is 2. The summed E-state index contributed by atoms with van der Waals surface area (Å²) in [5.41, 5.74) is 8.75. The molecule has 0 bridgehead atoms. The first kappa shape index (κ1) is 19.5. The standard InChI is InChI=1S/C23H22N2O3S/c1-2-9-17-14-29-22-18(24)21(26)25(22)19(17)23(27)28-20(15-10-5-3-6-11-15)16-12-7-4-8-13-16/h2-13,18,20,22H,14,24H2,1H3/b9-2+/t18-,22-/m1/s1. The molecule has 0 aliphatic carbocycles. The molecule has 4 rings (SSSR count). The van der Waals surface area contributed by atoms with Gasteiger partial charge in [0.25, 0.3) is 0 Å². The van der Waals surface area contributed by atoms with Crippen LogP contribution in [0.3, 0.4) is 0 Å². The summed E-state index contributed by atoms with van der Waals surface area (Å²) >= 11 is 1.57. The molecule has 2 aliphatic rings. The van der Waals surface area contributed by atoms with Crippen LogP contribution in [0.2, 0.25) is 0 Å². The van der Waals surface area contributed by atoms with Crippen LogP contribution in [0.15, 0.2) is 84.1 Å². The van der Waals surface area contributed by atoms with Gasteiger partial charge in [-0.1, -0.05) is 72.8 Å². The van der Waals surface area contributed by atoms with E-state index in [1.54, 1.807) is 11.8 Å². The molecule has 0 spiro atoms. The minimum Gasteiger partial charge on any atom is -0.448 e. The predicted molar refractivity (Wildman–Crippen MR) is 114 cm³/mol. The number of thioether (sulfide) groups is 1. The molecule has 1 fully saturated rings. The molecule has 1 amide bonds. The molecule has 0 aromatic heterocycles. The maximum absolute atomic E-state index is 13.3. The molecular weight excluding hydrogens is 384 g/mol. The van der Waals surface area contributed by atoms with E-state index in [0.717, 1.165) is 16.7 Å². The molecule has 6 heteroatoms. The van der Waals surface area contributed by atoms with E-state index < -0.39 is 18.1 Å². The Kier molecular flexibility index (Phi) is 5.56. The van der Waals surface area contributed by atoms with Gasteiger partial charge in [0.15, 0.2) is 6.10 Å². The summed E-state index contributed by atoms with van der Waals surface area (Å²) in [6.07, 6.45) is 3.15. The average molecular weight is 407 g/mol. The van der Waals surface area contributed by atoms with E-state index in [-0.39, 0.29) is 11.3 Å². The minimum atomic E-state index is -0.575. The normalized spacial score (nSPS) is 21.3. The van der Waals surface area contributed by atoms with E-state index in [1.807, 2.05) is 79.7 Å². The summed E-state index contributed by atoms with van der Waals surface area (Å²) < 4.78 is 6.00. The van der Waals surface area contributed by atoms with Crippen LogP contribution in [0.4, 0.5) is 0 Å². The van der Waals surface area contributed by atoms with Crippen molar-refractivity contribution in [3.8, 4) is 0 Å². The summed E-state index contributed by atoms with van der Waals surface area (Å²) in [5.74, 6) is -0.147. The van der Waals surface area contributed by atoms with Crippen molar-refractivity contribution in [1.29, 1.82) is 0 Å². The Morgan fingerprint density at radius 3 is 2.28 bits per heavy atom. The molecule has 1 saturated heterocycles. The van der Waals surface area contributed by atoms with Crippen LogP contribution in [0.5, 0.6) is 0 Å². The third kappa shape index (κ3) is 3.61. The van der Waals surface area contributed by atoms with Gasteiger partial charge in [0.2, 0.25) is 5.91 Å². The molecular formula is C23H22N2O3S. The number of esters is 1. The van der Waals surface area contributed by atoms with Gasteiger partial charge < -0.3 is 10.5 Å². The lowest BCUT2D eigenvalue weighted by atomic mass is 10.0. The molecule has 0 saturated carbocycles. The average Bonchev–Trinajstić information content (AvgIpc) is 2.77. The van der Waals surface area contributed by atoms with Gasteiger partial charge in [-0.25, -0.2) is 4.79 Å². The molecule has 0 radical (unpaired) electrons. The van der Waals surface area contributed by atoms with E-state index in [1.165, 1.54) is 4.90 Å². The topological polar surface area (TPSA) is 72.6 Å². The van der Waals surface area contributed by atoms with Crippen LogP contribution in [0, 0.1) is 0 Å². The highest BCUT2D eigenvalue weighted by atomic mass is 32.2. The molecule has 29 heavy (non-hydrogen) atoms. The number of hydrogen-bond donors (Lipinski definition) is 1. The zero-order chi connectivity index (χ0) is 20.4. The fourth-order valence-corrected chi connectivity index (χ4v) is 4.87. The number of β-lactam (4-membered cyclic amide) rings is 1. The summed E-state index contributed by atoms with van der Waals surface area (Å²) in [6.45, 7) is 1.88. The van der Waals surface area contributed by atoms with Crippen molar-refractivity contribution in [1.82, 2.24) is 4.90 Å². The molecule has 5 nitrogen and oxygen atoms in total. The number of hydrogen-bond acceptors (Lipinski definition) is 5. The third-order valence-corrected chi connectivity index (χ3v) is 6.35. The Morgan fingerprint density at radius 2 is 1.72 bits per heavy atom. The maximum atomic E-state index is 13.3. The quantitative estimate of drug-likeness (QED) is 0.609. The van der Waals surface area contributed by atoms with Crippen molar-refractivity contribution < 1.29 is 14.3 Å². The van der Waals surface area contributed by atoms with Crippen LogP contribution in [-0.4, -0.2) is 33.9 Å². The number of ether oxygens (including phenoxy) is 1. The lowest BCUT2D eigenvalue weighted by molar-refractivity contribution is -0.153. The Morgan fingerprint density at radius 1 is 1.14 bits per heavy atom. The Labute approximate surface area is 174 Å². The maximum Gasteiger partial charge on any atom is 0.356 e. The van der Waals surface area contributed by atoms with E-state index in [0.29, 0.717) is 11.4 Å². The second-order valence-electron chi connectivity index (χ2n) is 6.92. The van der Waals surface area contributed by atoms with Gasteiger partial charge in [0, 0.05) is 5.75 Å². The number of allylic oxidation sites excluding steroid dienone is 2. The van der Waals surface area contributed by atoms with Gasteiger partial charge in [-0.05, 0) is 23.6 Å². The second kappa shape index (κ2) is 8.27. The highest BCUT2D eigenvalue weighted by molar-refractivity contribution is 8.00. The number of rotatable bonds is 5.